The number of benzene rings is 2. The average molecular weight is 407 g/mol. The van der Waals surface area contributed by atoms with Crippen molar-refractivity contribution in [2.75, 3.05) is 11.8 Å². The molecule has 0 aliphatic rings. The quantitative estimate of drug-likeness (QED) is 0.306. The van der Waals surface area contributed by atoms with Crippen LogP contribution in [0.1, 0.15) is 39.9 Å². The topological polar surface area (TPSA) is 17.1 Å². The molecule has 0 saturated carbocycles. The Morgan fingerprint density at radius 2 is 1.12 bits per heavy atom. The fraction of sp³-hybridized carbons (Fsp3) is 0.316. The summed E-state index contributed by atoms with van der Waals surface area (Å²) in [6, 6.07) is 3.82. The van der Waals surface area contributed by atoms with Crippen LogP contribution in [0.4, 0.5) is 17.6 Å². The Morgan fingerprint density at radius 1 is 0.731 bits per heavy atom. The first-order valence-corrected chi connectivity index (χ1v) is 9.09. The normalized spacial score (nSPS) is 11.0. The van der Waals surface area contributed by atoms with Crippen molar-refractivity contribution in [3.8, 4) is 0 Å². The smallest absolute Gasteiger partial charge is 0.198 e. The summed E-state index contributed by atoms with van der Waals surface area (Å²) in [5, 5.41) is 0. The van der Waals surface area contributed by atoms with Gasteiger partial charge >= 0.3 is 0 Å². The maximum atomic E-state index is 14.6. The van der Waals surface area contributed by atoms with Crippen LogP contribution in [0.25, 0.3) is 0 Å². The van der Waals surface area contributed by atoms with E-state index in [9.17, 15) is 22.4 Å². The standard InChI is InChI=1S/C19H16Cl2F4O/c20-9-1-3-11-15(22)7-5-13(17(11)24)19(26)14-6-8-16(23)12(18(14)25)4-2-10-21/h5-8H,1-4,9-10H2. The second kappa shape index (κ2) is 9.38. The molecule has 2 aromatic carbocycles. The number of rotatable bonds is 8. The maximum absolute atomic E-state index is 14.6. The first kappa shape index (κ1) is 20.7. The number of hydrogen-bond donors (Lipinski definition) is 0. The lowest BCUT2D eigenvalue weighted by Gasteiger charge is -2.11. The summed E-state index contributed by atoms with van der Waals surface area (Å²) in [6.45, 7) is 0. The molecule has 0 unspecified atom stereocenters. The number of halogens is 6. The van der Waals surface area contributed by atoms with Gasteiger partial charge in [0, 0.05) is 22.9 Å². The van der Waals surface area contributed by atoms with Crippen molar-refractivity contribution in [1.82, 2.24) is 0 Å². The Bertz CT molecular complexity index is 743. The zero-order chi connectivity index (χ0) is 19.3. The van der Waals surface area contributed by atoms with Crippen LogP contribution in [-0.2, 0) is 12.8 Å². The highest BCUT2D eigenvalue weighted by Crippen LogP contribution is 2.25. The first-order chi connectivity index (χ1) is 12.4. The molecule has 0 aliphatic carbocycles. The molecular weight excluding hydrogens is 391 g/mol. The summed E-state index contributed by atoms with van der Waals surface area (Å²) in [5.41, 5.74) is -1.49. The Hall–Kier alpha value is -1.59. The Balaban J connectivity index is 2.46. The van der Waals surface area contributed by atoms with Gasteiger partial charge in [-0.25, -0.2) is 17.6 Å². The Morgan fingerprint density at radius 3 is 1.46 bits per heavy atom. The molecule has 0 fully saturated rings. The number of carbonyl (C=O) groups excluding carboxylic acids is 1. The van der Waals surface area contributed by atoms with Crippen LogP contribution in [0.5, 0.6) is 0 Å². The molecule has 0 aliphatic heterocycles. The number of ketones is 1. The molecule has 0 N–H and O–H groups in total. The second-order valence-corrected chi connectivity index (χ2v) is 6.45. The van der Waals surface area contributed by atoms with E-state index in [1.54, 1.807) is 0 Å². The molecule has 140 valence electrons. The second-order valence-electron chi connectivity index (χ2n) is 5.69. The van der Waals surface area contributed by atoms with Gasteiger partial charge in [-0.1, -0.05) is 0 Å². The molecule has 7 heteroatoms. The highest BCUT2D eigenvalue weighted by Gasteiger charge is 2.24. The lowest BCUT2D eigenvalue weighted by molar-refractivity contribution is 0.103. The summed E-state index contributed by atoms with van der Waals surface area (Å²) in [6.07, 6.45) is 0.658. The Labute approximate surface area is 158 Å². The van der Waals surface area contributed by atoms with Gasteiger partial charge in [-0.3, -0.25) is 4.79 Å². The van der Waals surface area contributed by atoms with Gasteiger partial charge in [0.15, 0.2) is 5.78 Å². The molecule has 0 aromatic heterocycles. The van der Waals surface area contributed by atoms with E-state index in [1.165, 1.54) is 0 Å². The van der Waals surface area contributed by atoms with Crippen LogP contribution >= 0.6 is 23.2 Å². The third-order valence-electron chi connectivity index (χ3n) is 3.98. The van der Waals surface area contributed by atoms with E-state index in [1.807, 2.05) is 0 Å². The minimum absolute atomic E-state index is 0.00909. The van der Waals surface area contributed by atoms with E-state index in [4.69, 9.17) is 23.2 Å². The summed E-state index contributed by atoms with van der Waals surface area (Å²) >= 11 is 11.1. The van der Waals surface area contributed by atoms with Gasteiger partial charge in [0.2, 0.25) is 0 Å². The van der Waals surface area contributed by atoms with E-state index in [0.29, 0.717) is 12.8 Å². The lowest BCUT2D eigenvalue weighted by Crippen LogP contribution is -2.12. The summed E-state index contributed by atoms with van der Waals surface area (Å²) in [5.74, 6) is -4.27. The molecular formula is C19H16Cl2F4O. The third kappa shape index (κ3) is 4.38. The molecule has 0 saturated heterocycles. The molecule has 2 aromatic rings. The van der Waals surface area contributed by atoms with Crippen LogP contribution in [0.2, 0.25) is 0 Å². The van der Waals surface area contributed by atoms with Crippen molar-refractivity contribution in [3.63, 3.8) is 0 Å². The van der Waals surface area contributed by atoms with Gasteiger partial charge < -0.3 is 0 Å². The number of carbonyl (C=O) groups is 1. The summed E-state index contributed by atoms with van der Waals surface area (Å²) < 4.78 is 56.8. The zero-order valence-electron chi connectivity index (χ0n) is 13.7. The van der Waals surface area contributed by atoms with Crippen LogP contribution < -0.4 is 0 Å². The minimum Gasteiger partial charge on any atom is -0.288 e. The van der Waals surface area contributed by atoms with Crippen molar-refractivity contribution in [2.24, 2.45) is 0 Å². The van der Waals surface area contributed by atoms with Crippen molar-refractivity contribution in [2.45, 2.75) is 25.7 Å². The van der Waals surface area contributed by atoms with Crippen molar-refractivity contribution >= 4 is 29.0 Å². The largest absolute Gasteiger partial charge is 0.288 e. The highest BCUT2D eigenvalue weighted by molar-refractivity contribution is 6.18. The molecule has 0 bridgehead atoms. The van der Waals surface area contributed by atoms with Crippen molar-refractivity contribution in [3.05, 3.63) is 69.8 Å². The fourth-order valence-corrected chi connectivity index (χ4v) is 2.90. The van der Waals surface area contributed by atoms with Gasteiger partial charge in [0.05, 0.1) is 11.1 Å². The number of alkyl halides is 2. The molecule has 0 heterocycles. The van der Waals surface area contributed by atoms with Crippen LogP contribution in [-0.4, -0.2) is 17.5 Å². The molecule has 26 heavy (non-hydrogen) atoms. The van der Waals surface area contributed by atoms with Gasteiger partial charge in [-0.2, -0.15) is 0 Å². The van der Waals surface area contributed by atoms with Gasteiger partial charge in [-0.05, 0) is 49.9 Å². The summed E-state index contributed by atoms with van der Waals surface area (Å²) in [4.78, 5) is 12.6. The average Bonchev–Trinajstić information content (AvgIpc) is 2.61. The van der Waals surface area contributed by atoms with Gasteiger partial charge in [0.25, 0.3) is 0 Å². The van der Waals surface area contributed by atoms with Crippen LogP contribution in [0.3, 0.4) is 0 Å². The monoisotopic (exact) mass is 406 g/mol. The minimum atomic E-state index is -1.05. The van der Waals surface area contributed by atoms with Gasteiger partial charge in [-0.15, -0.1) is 23.2 Å². The van der Waals surface area contributed by atoms with Gasteiger partial charge in [0.1, 0.15) is 23.3 Å². The molecule has 0 amide bonds. The fourth-order valence-electron chi connectivity index (χ4n) is 2.64. The third-order valence-corrected chi connectivity index (χ3v) is 4.52. The molecule has 0 spiro atoms. The number of hydrogen-bond acceptors (Lipinski definition) is 1. The molecule has 1 nitrogen and oxygen atoms in total. The van der Waals surface area contributed by atoms with Crippen LogP contribution in [0.15, 0.2) is 24.3 Å². The summed E-state index contributed by atoms with van der Waals surface area (Å²) in [7, 11) is 0. The maximum Gasteiger partial charge on any atom is 0.198 e. The molecule has 2 rings (SSSR count). The lowest BCUT2D eigenvalue weighted by atomic mass is 9.95. The molecule has 0 radical (unpaired) electrons. The SMILES string of the molecule is O=C(c1ccc(F)c(CCCCl)c1F)c1ccc(F)c(CCCCl)c1F. The van der Waals surface area contributed by atoms with Crippen molar-refractivity contribution < 1.29 is 22.4 Å². The van der Waals surface area contributed by atoms with Crippen LogP contribution in [0, 0.1) is 23.3 Å². The van der Waals surface area contributed by atoms with E-state index in [-0.39, 0.29) is 35.7 Å². The van der Waals surface area contributed by atoms with E-state index >= 15 is 0 Å². The predicted octanol–water partition coefficient (Wildman–Crippen LogP) is 5.82. The predicted molar refractivity (Wildman–Crippen MR) is 94.2 cm³/mol. The Kier molecular flexibility index (Phi) is 7.47. The zero-order valence-corrected chi connectivity index (χ0v) is 15.2. The highest BCUT2D eigenvalue weighted by atomic mass is 35.5. The van der Waals surface area contributed by atoms with Crippen molar-refractivity contribution in [1.29, 1.82) is 0 Å². The van der Waals surface area contributed by atoms with E-state index < -0.39 is 40.2 Å². The first-order valence-electron chi connectivity index (χ1n) is 8.02. The van der Waals surface area contributed by atoms with E-state index in [2.05, 4.69) is 0 Å². The van der Waals surface area contributed by atoms with E-state index in [0.717, 1.165) is 24.3 Å². The molecule has 0 atom stereocenters.